The SMILES string of the molecule is COC(C)c1noc(-c2ccc(S(=O)(=O)c3ccc(OC(F)(F)F)cc3)cn2)n1. The quantitative estimate of drug-likeness (QED) is 0.586. The average Bonchev–Trinajstić information content (AvgIpc) is 3.17. The van der Waals surface area contributed by atoms with E-state index in [1.54, 1.807) is 6.92 Å². The van der Waals surface area contributed by atoms with Crippen LogP contribution in [0.25, 0.3) is 11.6 Å². The number of alkyl halides is 3. The Bertz CT molecular complexity index is 1080. The van der Waals surface area contributed by atoms with E-state index >= 15 is 0 Å². The van der Waals surface area contributed by atoms with Crippen molar-refractivity contribution in [1.29, 1.82) is 0 Å². The molecule has 154 valence electrons. The minimum absolute atomic E-state index is 0.0847. The molecule has 12 heteroatoms. The normalized spacial score (nSPS) is 13.3. The van der Waals surface area contributed by atoms with Crippen LogP contribution < -0.4 is 4.74 Å². The third kappa shape index (κ3) is 4.71. The number of benzene rings is 1. The summed E-state index contributed by atoms with van der Waals surface area (Å²) in [7, 11) is -2.51. The molecule has 0 saturated carbocycles. The number of aromatic nitrogens is 3. The standard InChI is InChI=1S/C17H14F3N3O5S/c1-10(26-2)15-22-16(28-23-15)14-8-7-13(9-21-14)29(24,25)12-5-3-11(4-6-12)27-17(18,19)20/h3-10H,1-2H3. The number of hydrogen-bond acceptors (Lipinski definition) is 8. The number of nitrogens with zero attached hydrogens (tertiary/aromatic N) is 3. The lowest BCUT2D eigenvalue weighted by molar-refractivity contribution is -0.274. The van der Waals surface area contributed by atoms with E-state index in [1.807, 2.05) is 0 Å². The van der Waals surface area contributed by atoms with Crippen LogP contribution in [0.5, 0.6) is 5.75 Å². The number of pyridine rings is 1. The predicted octanol–water partition coefficient (Wildman–Crippen LogP) is 3.57. The molecule has 0 amide bonds. The number of methoxy groups -OCH3 is 1. The summed E-state index contributed by atoms with van der Waals surface area (Å²) in [5.41, 5.74) is 0.250. The van der Waals surface area contributed by atoms with Crippen LogP contribution in [0.3, 0.4) is 0 Å². The summed E-state index contributed by atoms with van der Waals surface area (Å²) in [6, 6.07) is 6.52. The third-order valence-electron chi connectivity index (χ3n) is 3.79. The van der Waals surface area contributed by atoms with Gasteiger partial charge in [-0.3, -0.25) is 0 Å². The maximum atomic E-state index is 12.6. The van der Waals surface area contributed by atoms with E-state index in [0.717, 1.165) is 30.5 Å². The minimum Gasteiger partial charge on any atom is -0.406 e. The van der Waals surface area contributed by atoms with Crippen LogP contribution >= 0.6 is 0 Å². The van der Waals surface area contributed by atoms with Crippen molar-refractivity contribution in [3.05, 3.63) is 48.4 Å². The van der Waals surface area contributed by atoms with Gasteiger partial charge in [0.15, 0.2) is 0 Å². The minimum atomic E-state index is -4.87. The first kappa shape index (κ1) is 20.7. The van der Waals surface area contributed by atoms with E-state index in [-0.39, 0.29) is 21.4 Å². The van der Waals surface area contributed by atoms with Gasteiger partial charge in [0, 0.05) is 13.3 Å². The second-order valence-corrected chi connectivity index (χ2v) is 7.69. The molecule has 0 aliphatic rings. The smallest absolute Gasteiger partial charge is 0.406 e. The Labute approximate surface area is 163 Å². The molecule has 0 fully saturated rings. The molecule has 1 atom stereocenters. The molecule has 3 rings (SSSR count). The highest BCUT2D eigenvalue weighted by Crippen LogP contribution is 2.27. The van der Waals surface area contributed by atoms with Gasteiger partial charge in [-0.25, -0.2) is 13.4 Å². The highest BCUT2D eigenvalue weighted by atomic mass is 32.2. The molecule has 1 unspecified atom stereocenters. The molecule has 3 aromatic rings. The molecule has 0 spiro atoms. The second-order valence-electron chi connectivity index (χ2n) is 5.74. The van der Waals surface area contributed by atoms with Crippen molar-refractivity contribution >= 4 is 9.84 Å². The lowest BCUT2D eigenvalue weighted by Crippen LogP contribution is -2.17. The molecule has 1 aromatic carbocycles. The Morgan fingerprint density at radius 3 is 2.28 bits per heavy atom. The fourth-order valence-corrected chi connectivity index (χ4v) is 3.44. The van der Waals surface area contributed by atoms with Crippen molar-refractivity contribution in [1.82, 2.24) is 15.1 Å². The maximum Gasteiger partial charge on any atom is 0.573 e. The lowest BCUT2D eigenvalue weighted by atomic mass is 10.3. The lowest BCUT2D eigenvalue weighted by Gasteiger charge is -2.09. The Morgan fingerprint density at radius 2 is 1.72 bits per heavy atom. The second kappa shape index (κ2) is 7.79. The molecule has 0 saturated heterocycles. The van der Waals surface area contributed by atoms with Crippen LogP contribution in [0, 0.1) is 0 Å². The van der Waals surface area contributed by atoms with Crippen molar-refractivity contribution in [2.24, 2.45) is 0 Å². The zero-order valence-electron chi connectivity index (χ0n) is 15.0. The summed E-state index contributed by atoms with van der Waals surface area (Å²) in [5, 5.41) is 3.75. The van der Waals surface area contributed by atoms with Crippen molar-refractivity contribution in [3.63, 3.8) is 0 Å². The fourth-order valence-electron chi connectivity index (χ4n) is 2.23. The van der Waals surface area contributed by atoms with Crippen LogP contribution in [0.2, 0.25) is 0 Å². The van der Waals surface area contributed by atoms with Gasteiger partial charge in [-0.2, -0.15) is 4.98 Å². The zero-order valence-corrected chi connectivity index (χ0v) is 15.9. The van der Waals surface area contributed by atoms with E-state index in [4.69, 9.17) is 9.26 Å². The molecular weight excluding hydrogens is 415 g/mol. The number of halogens is 3. The Morgan fingerprint density at radius 1 is 1.07 bits per heavy atom. The van der Waals surface area contributed by atoms with E-state index < -0.39 is 28.1 Å². The van der Waals surface area contributed by atoms with Crippen LogP contribution in [0.15, 0.2) is 56.9 Å². The van der Waals surface area contributed by atoms with Gasteiger partial charge >= 0.3 is 6.36 Å². The maximum absolute atomic E-state index is 12.6. The Hall–Kier alpha value is -2.99. The summed E-state index contributed by atoms with van der Waals surface area (Å²) >= 11 is 0. The number of sulfone groups is 1. The van der Waals surface area contributed by atoms with Crippen molar-refractivity contribution in [2.75, 3.05) is 7.11 Å². The van der Waals surface area contributed by atoms with Gasteiger partial charge in [-0.1, -0.05) is 5.16 Å². The monoisotopic (exact) mass is 429 g/mol. The van der Waals surface area contributed by atoms with E-state index in [9.17, 15) is 21.6 Å². The zero-order chi connectivity index (χ0) is 21.2. The molecule has 29 heavy (non-hydrogen) atoms. The molecule has 0 aliphatic heterocycles. The first-order chi connectivity index (χ1) is 13.6. The summed E-state index contributed by atoms with van der Waals surface area (Å²) in [6.07, 6.45) is -4.17. The van der Waals surface area contributed by atoms with Gasteiger partial charge < -0.3 is 14.0 Å². The van der Waals surface area contributed by atoms with Gasteiger partial charge in [0.25, 0.3) is 5.89 Å². The van der Waals surface area contributed by atoms with Crippen molar-refractivity contribution < 1.29 is 35.6 Å². The molecule has 8 nitrogen and oxygen atoms in total. The summed E-state index contributed by atoms with van der Waals surface area (Å²) in [5.74, 6) is -0.133. The fraction of sp³-hybridized carbons (Fsp3) is 0.235. The first-order valence-electron chi connectivity index (χ1n) is 8.04. The first-order valence-corrected chi connectivity index (χ1v) is 9.52. The number of ether oxygens (including phenoxy) is 2. The van der Waals surface area contributed by atoms with Crippen LogP contribution in [-0.2, 0) is 14.6 Å². The van der Waals surface area contributed by atoms with E-state index in [2.05, 4.69) is 19.9 Å². The highest BCUT2D eigenvalue weighted by Gasteiger charge is 2.31. The summed E-state index contributed by atoms with van der Waals surface area (Å²) in [6.45, 7) is 1.72. The molecular formula is C17H14F3N3O5S. The molecule has 0 bridgehead atoms. The molecule has 2 aromatic heterocycles. The van der Waals surface area contributed by atoms with Crippen molar-refractivity contribution in [2.45, 2.75) is 29.2 Å². The molecule has 0 aliphatic carbocycles. The third-order valence-corrected chi connectivity index (χ3v) is 5.55. The van der Waals surface area contributed by atoms with Gasteiger partial charge in [0.05, 0.1) is 9.79 Å². The Kier molecular flexibility index (Phi) is 5.57. The van der Waals surface area contributed by atoms with Crippen LogP contribution in [0.4, 0.5) is 13.2 Å². The topological polar surface area (TPSA) is 104 Å². The Balaban J connectivity index is 1.82. The number of rotatable bonds is 6. The van der Waals surface area contributed by atoms with Gasteiger partial charge in [-0.05, 0) is 43.3 Å². The van der Waals surface area contributed by atoms with E-state index in [1.165, 1.54) is 19.2 Å². The molecule has 0 radical (unpaired) electrons. The highest BCUT2D eigenvalue weighted by molar-refractivity contribution is 7.91. The molecule has 2 heterocycles. The largest absolute Gasteiger partial charge is 0.573 e. The van der Waals surface area contributed by atoms with Crippen LogP contribution in [-0.4, -0.2) is 37.0 Å². The average molecular weight is 429 g/mol. The summed E-state index contributed by atoms with van der Waals surface area (Å²) < 4.78 is 75.8. The predicted molar refractivity (Wildman–Crippen MR) is 91.5 cm³/mol. The van der Waals surface area contributed by atoms with Crippen molar-refractivity contribution in [3.8, 4) is 17.3 Å². The van der Waals surface area contributed by atoms with E-state index in [0.29, 0.717) is 5.82 Å². The van der Waals surface area contributed by atoms with Gasteiger partial charge in [-0.15, -0.1) is 13.2 Å². The van der Waals surface area contributed by atoms with Crippen LogP contribution in [0.1, 0.15) is 18.9 Å². The number of hydrogen-bond donors (Lipinski definition) is 0. The van der Waals surface area contributed by atoms with Gasteiger partial charge in [0.1, 0.15) is 17.5 Å². The van der Waals surface area contributed by atoms with Gasteiger partial charge in [0.2, 0.25) is 15.7 Å². The molecule has 0 N–H and O–H groups in total. The summed E-state index contributed by atoms with van der Waals surface area (Å²) in [4.78, 5) is 7.77.